The number of carbonyl (C=O) groups excluding carboxylic acids is 2. The van der Waals surface area contributed by atoms with Gasteiger partial charge in [0, 0.05) is 23.0 Å². The van der Waals surface area contributed by atoms with Crippen LogP contribution in [0.25, 0.3) is 10.9 Å². The molecule has 3 aromatic rings. The van der Waals surface area contributed by atoms with Crippen molar-refractivity contribution in [3.63, 3.8) is 0 Å². The summed E-state index contributed by atoms with van der Waals surface area (Å²) in [6, 6.07) is 15.5. The minimum absolute atomic E-state index is 0.0721. The van der Waals surface area contributed by atoms with Crippen LogP contribution in [0.3, 0.4) is 0 Å². The fourth-order valence-corrected chi connectivity index (χ4v) is 4.69. The molecule has 0 aliphatic carbocycles. The molecule has 2 aromatic carbocycles. The average Bonchev–Trinajstić information content (AvgIpc) is 3.17. The Kier molecular flexibility index (Phi) is 4.54. The molecule has 0 spiro atoms. The summed E-state index contributed by atoms with van der Waals surface area (Å²) < 4.78 is 5.64. The van der Waals surface area contributed by atoms with Gasteiger partial charge in [-0.15, -0.1) is 0 Å². The molecule has 0 unspecified atom stereocenters. The standard InChI is InChI=1S/C24H24N4O3/c1-3-31-20-11-7-4-8-16(20)14-25-28-15-21(29)27-13-12-18-17-9-5-6-10-19(17)26-22(18)24(27,2)23(28)30/h4-11,14,26H,3,12-13,15H2,1-2H3/b25-14-/t24-/m0/s1. The van der Waals surface area contributed by atoms with Gasteiger partial charge in [-0.05, 0) is 44.0 Å². The normalized spacial score (nSPS) is 21.0. The van der Waals surface area contributed by atoms with Gasteiger partial charge < -0.3 is 14.6 Å². The van der Waals surface area contributed by atoms with E-state index in [-0.39, 0.29) is 18.4 Å². The molecule has 2 amide bonds. The summed E-state index contributed by atoms with van der Waals surface area (Å²) in [5.41, 5.74) is 2.50. The molecule has 7 nitrogen and oxygen atoms in total. The van der Waals surface area contributed by atoms with Gasteiger partial charge >= 0.3 is 0 Å². The smallest absolute Gasteiger partial charge is 0.275 e. The third-order valence-electron chi connectivity index (χ3n) is 6.22. The van der Waals surface area contributed by atoms with E-state index in [2.05, 4.69) is 16.2 Å². The lowest BCUT2D eigenvalue weighted by Gasteiger charge is -2.48. The Labute approximate surface area is 180 Å². The Morgan fingerprint density at radius 2 is 1.94 bits per heavy atom. The molecule has 2 aliphatic heterocycles. The summed E-state index contributed by atoms with van der Waals surface area (Å²) in [4.78, 5) is 31.8. The maximum absolute atomic E-state index is 13.7. The Bertz CT molecular complexity index is 1210. The van der Waals surface area contributed by atoms with E-state index in [1.54, 1.807) is 11.1 Å². The van der Waals surface area contributed by atoms with Gasteiger partial charge in [-0.2, -0.15) is 5.10 Å². The summed E-state index contributed by atoms with van der Waals surface area (Å²) in [6.45, 7) is 4.70. The summed E-state index contributed by atoms with van der Waals surface area (Å²) in [5.74, 6) is 0.360. The molecule has 31 heavy (non-hydrogen) atoms. The first kappa shape index (κ1) is 19.4. The van der Waals surface area contributed by atoms with Crippen molar-refractivity contribution in [1.29, 1.82) is 0 Å². The summed E-state index contributed by atoms with van der Waals surface area (Å²) in [6.07, 6.45) is 2.31. The predicted molar refractivity (Wildman–Crippen MR) is 118 cm³/mol. The number of carbonyl (C=O) groups is 2. The van der Waals surface area contributed by atoms with Crippen LogP contribution in [0.4, 0.5) is 0 Å². The van der Waals surface area contributed by atoms with Gasteiger partial charge in [0.15, 0.2) is 5.54 Å². The van der Waals surface area contributed by atoms with E-state index in [0.29, 0.717) is 18.9 Å². The number of ether oxygens (including phenoxy) is 1. The molecule has 158 valence electrons. The van der Waals surface area contributed by atoms with Gasteiger partial charge in [0.1, 0.15) is 12.3 Å². The molecule has 1 atom stereocenters. The second kappa shape index (κ2) is 7.27. The summed E-state index contributed by atoms with van der Waals surface area (Å²) in [5, 5.41) is 6.79. The van der Waals surface area contributed by atoms with Crippen LogP contribution in [-0.2, 0) is 21.5 Å². The number of H-pyrrole nitrogens is 1. The van der Waals surface area contributed by atoms with Crippen LogP contribution in [0, 0.1) is 0 Å². The zero-order valence-corrected chi connectivity index (χ0v) is 17.6. The molecule has 1 fully saturated rings. The first-order chi connectivity index (χ1) is 15.0. The molecule has 7 heteroatoms. The van der Waals surface area contributed by atoms with Crippen LogP contribution < -0.4 is 4.74 Å². The Balaban J connectivity index is 1.54. The highest BCUT2D eigenvalue weighted by molar-refractivity contribution is 6.01. The maximum Gasteiger partial charge on any atom is 0.275 e. The first-order valence-corrected chi connectivity index (χ1v) is 10.5. The lowest BCUT2D eigenvalue weighted by atomic mass is 9.83. The number of hydrogen-bond donors (Lipinski definition) is 1. The maximum atomic E-state index is 13.7. The van der Waals surface area contributed by atoms with Crippen LogP contribution in [0.15, 0.2) is 53.6 Å². The molecule has 2 aliphatic rings. The van der Waals surface area contributed by atoms with Gasteiger partial charge in [-0.1, -0.05) is 30.3 Å². The van der Waals surface area contributed by atoms with Crippen molar-refractivity contribution in [2.75, 3.05) is 19.7 Å². The number of rotatable bonds is 4. The van der Waals surface area contributed by atoms with E-state index in [1.807, 2.05) is 56.3 Å². The number of benzene rings is 2. The topological polar surface area (TPSA) is 78.0 Å². The van der Waals surface area contributed by atoms with Crippen molar-refractivity contribution in [3.8, 4) is 5.75 Å². The molecule has 0 radical (unpaired) electrons. The van der Waals surface area contributed by atoms with E-state index in [0.717, 1.165) is 34.1 Å². The van der Waals surface area contributed by atoms with Crippen LogP contribution in [0.2, 0.25) is 0 Å². The molecule has 0 bridgehead atoms. The molecular formula is C24H24N4O3. The average molecular weight is 416 g/mol. The van der Waals surface area contributed by atoms with Crippen LogP contribution in [0.5, 0.6) is 5.75 Å². The first-order valence-electron chi connectivity index (χ1n) is 10.5. The minimum Gasteiger partial charge on any atom is -0.493 e. The van der Waals surface area contributed by atoms with Gasteiger partial charge in [-0.25, -0.2) is 5.01 Å². The van der Waals surface area contributed by atoms with Crippen molar-refractivity contribution >= 4 is 28.9 Å². The van der Waals surface area contributed by atoms with Gasteiger partial charge in [0.25, 0.3) is 5.91 Å². The van der Waals surface area contributed by atoms with E-state index in [9.17, 15) is 9.59 Å². The number of aromatic amines is 1. The van der Waals surface area contributed by atoms with Crippen molar-refractivity contribution < 1.29 is 14.3 Å². The number of piperazine rings is 1. The largest absolute Gasteiger partial charge is 0.493 e. The lowest BCUT2D eigenvalue weighted by Crippen LogP contribution is -2.65. The van der Waals surface area contributed by atoms with Crippen molar-refractivity contribution in [2.45, 2.75) is 25.8 Å². The number of aromatic nitrogens is 1. The number of amides is 2. The lowest BCUT2D eigenvalue weighted by molar-refractivity contribution is -0.165. The van der Waals surface area contributed by atoms with E-state index < -0.39 is 5.54 Å². The summed E-state index contributed by atoms with van der Waals surface area (Å²) >= 11 is 0. The van der Waals surface area contributed by atoms with Crippen molar-refractivity contribution in [1.82, 2.24) is 14.9 Å². The van der Waals surface area contributed by atoms with E-state index in [4.69, 9.17) is 4.74 Å². The number of hydrazone groups is 1. The van der Waals surface area contributed by atoms with E-state index in [1.165, 1.54) is 5.01 Å². The zero-order valence-electron chi connectivity index (χ0n) is 17.6. The van der Waals surface area contributed by atoms with Crippen molar-refractivity contribution in [2.24, 2.45) is 5.10 Å². The summed E-state index contributed by atoms with van der Waals surface area (Å²) in [7, 11) is 0. The van der Waals surface area contributed by atoms with Crippen LogP contribution in [-0.4, -0.2) is 52.6 Å². The van der Waals surface area contributed by atoms with Crippen molar-refractivity contribution in [3.05, 3.63) is 65.4 Å². The van der Waals surface area contributed by atoms with Crippen LogP contribution in [0.1, 0.15) is 30.7 Å². The van der Waals surface area contributed by atoms with Gasteiger partial charge in [0.05, 0.1) is 18.5 Å². The third-order valence-corrected chi connectivity index (χ3v) is 6.22. The number of hydrogen-bond acceptors (Lipinski definition) is 4. The quantitative estimate of drug-likeness (QED) is 0.664. The Morgan fingerprint density at radius 1 is 1.16 bits per heavy atom. The number of nitrogens with zero attached hydrogens (tertiary/aromatic N) is 3. The number of nitrogens with one attached hydrogen (secondary N) is 1. The van der Waals surface area contributed by atoms with Crippen LogP contribution >= 0.6 is 0 Å². The number of para-hydroxylation sites is 2. The van der Waals surface area contributed by atoms with E-state index >= 15 is 0 Å². The monoisotopic (exact) mass is 416 g/mol. The Morgan fingerprint density at radius 3 is 2.77 bits per heavy atom. The predicted octanol–water partition coefficient (Wildman–Crippen LogP) is 3.04. The second-order valence-corrected chi connectivity index (χ2v) is 7.97. The molecule has 5 rings (SSSR count). The SMILES string of the molecule is CCOc1ccccc1/C=N\N1CC(=O)N2CCc3c([nH]c4ccccc34)[C@@]2(C)C1=O. The van der Waals surface area contributed by atoms with Gasteiger partial charge in [0.2, 0.25) is 5.91 Å². The fraction of sp³-hybridized carbons (Fsp3) is 0.292. The molecule has 1 N–H and O–H groups in total. The zero-order chi connectivity index (χ0) is 21.6. The highest BCUT2D eigenvalue weighted by Gasteiger charge is 2.54. The Hall–Kier alpha value is -3.61. The molecule has 3 heterocycles. The minimum atomic E-state index is -1.11. The molecule has 1 aromatic heterocycles. The molecular weight excluding hydrogens is 392 g/mol. The highest BCUT2D eigenvalue weighted by Crippen LogP contribution is 2.41. The number of fused-ring (bicyclic) bond motifs is 5. The fourth-order valence-electron chi connectivity index (χ4n) is 4.69. The molecule has 0 saturated carbocycles. The second-order valence-electron chi connectivity index (χ2n) is 7.97. The van der Waals surface area contributed by atoms with Gasteiger partial charge in [-0.3, -0.25) is 9.59 Å². The third kappa shape index (κ3) is 2.91. The molecule has 1 saturated heterocycles. The highest BCUT2D eigenvalue weighted by atomic mass is 16.5.